The molecule has 5 heteroatoms. The quantitative estimate of drug-likeness (QED) is 0.825. The van der Waals surface area contributed by atoms with Crippen LogP contribution < -0.4 is 11.1 Å². The molecule has 0 atom stereocenters. The Hall–Kier alpha value is -1.36. The van der Waals surface area contributed by atoms with Crippen LogP contribution in [0.3, 0.4) is 0 Å². The number of aryl methyl sites for hydroxylation is 2. The molecule has 1 aromatic rings. The van der Waals surface area contributed by atoms with Gasteiger partial charge in [-0.3, -0.25) is 9.48 Å². The topological polar surface area (TPSA) is 72.9 Å². The summed E-state index contributed by atoms with van der Waals surface area (Å²) in [5.74, 6) is 0.0467. The Morgan fingerprint density at radius 2 is 2.18 bits per heavy atom. The van der Waals surface area contributed by atoms with Crippen LogP contribution >= 0.6 is 0 Å². The Morgan fingerprint density at radius 1 is 1.53 bits per heavy atom. The van der Waals surface area contributed by atoms with Crippen LogP contribution in [0.2, 0.25) is 0 Å². The molecule has 1 aliphatic rings. The number of hydrogen-bond donors (Lipinski definition) is 2. The van der Waals surface area contributed by atoms with Crippen LogP contribution in [0, 0.1) is 19.3 Å². The molecule has 0 aromatic carbocycles. The number of hydrogen-bond acceptors (Lipinski definition) is 3. The van der Waals surface area contributed by atoms with Gasteiger partial charge in [-0.2, -0.15) is 5.10 Å². The number of carbonyl (C=O) groups is 1. The van der Waals surface area contributed by atoms with Gasteiger partial charge in [0.2, 0.25) is 5.91 Å². The average molecular weight is 236 g/mol. The smallest absolute Gasteiger partial charge is 0.231 e. The summed E-state index contributed by atoms with van der Waals surface area (Å²) in [6, 6.07) is 0. The second-order valence-corrected chi connectivity index (χ2v) is 4.96. The number of anilines is 1. The Morgan fingerprint density at radius 3 is 2.53 bits per heavy atom. The van der Waals surface area contributed by atoms with E-state index < -0.39 is 0 Å². The van der Waals surface area contributed by atoms with Crippen LogP contribution in [0.5, 0.6) is 0 Å². The van der Waals surface area contributed by atoms with E-state index >= 15 is 0 Å². The summed E-state index contributed by atoms with van der Waals surface area (Å²) in [6.45, 7) is 4.28. The molecule has 0 spiro atoms. The van der Waals surface area contributed by atoms with Crippen LogP contribution in [0.25, 0.3) is 0 Å². The summed E-state index contributed by atoms with van der Waals surface area (Å²) in [4.78, 5) is 12.2. The second-order valence-electron chi connectivity index (χ2n) is 4.96. The molecule has 17 heavy (non-hydrogen) atoms. The summed E-state index contributed by atoms with van der Waals surface area (Å²) in [5, 5.41) is 7.28. The number of carbonyl (C=O) groups excluding carboxylic acids is 1. The van der Waals surface area contributed by atoms with Gasteiger partial charge < -0.3 is 11.1 Å². The third-order valence-electron chi connectivity index (χ3n) is 3.93. The van der Waals surface area contributed by atoms with E-state index in [9.17, 15) is 4.79 Å². The van der Waals surface area contributed by atoms with Crippen LogP contribution in [-0.2, 0) is 11.8 Å². The first-order chi connectivity index (χ1) is 8.00. The summed E-state index contributed by atoms with van der Waals surface area (Å²) < 4.78 is 1.78. The Kier molecular flexibility index (Phi) is 2.95. The third kappa shape index (κ3) is 1.84. The summed E-state index contributed by atoms with van der Waals surface area (Å²) in [6.07, 6.45) is 2.89. The third-order valence-corrected chi connectivity index (χ3v) is 3.93. The number of aromatic nitrogens is 2. The predicted molar refractivity (Wildman–Crippen MR) is 66.7 cm³/mol. The van der Waals surface area contributed by atoms with Gasteiger partial charge in [-0.15, -0.1) is 0 Å². The van der Waals surface area contributed by atoms with Gasteiger partial charge in [0.15, 0.2) is 0 Å². The number of amides is 1. The molecule has 1 fully saturated rings. The van der Waals surface area contributed by atoms with Gasteiger partial charge in [0.25, 0.3) is 0 Å². The second kappa shape index (κ2) is 4.14. The van der Waals surface area contributed by atoms with Crippen LogP contribution in [0.4, 0.5) is 5.69 Å². The number of nitrogens with two attached hydrogens (primary N) is 1. The van der Waals surface area contributed by atoms with Crippen LogP contribution in [0.1, 0.15) is 30.7 Å². The van der Waals surface area contributed by atoms with Gasteiger partial charge in [-0.05, 0) is 26.7 Å². The summed E-state index contributed by atoms with van der Waals surface area (Å²) in [7, 11) is 1.88. The van der Waals surface area contributed by atoms with Crippen LogP contribution in [0.15, 0.2) is 0 Å². The van der Waals surface area contributed by atoms with Crippen molar-refractivity contribution in [1.82, 2.24) is 9.78 Å². The molecule has 1 aliphatic carbocycles. The van der Waals surface area contributed by atoms with E-state index in [1.165, 1.54) is 0 Å². The molecule has 1 heterocycles. The maximum Gasteiger partial charge on any atom is 0.231 e. The average Bonchev–Trinajstić information content (AvgIpc) is 2.44. The summed E-state index contributed by atoms with van der Waals surface area (Å²) in [5.41, 5.74) is 8.04. The van der Waals surface area contributed by atoms with Crippen molar-refractivity contribution in [1.29, 1.82) is 0 Å². The maximum atomic E-state index is 12.2. The summed E-state index contributed by atoms with van der Waals surface area (Å²) >= 11 is 0. The van der Waals surface area contributed by atoms with Crippen molar-refractivity contribution in [2.75, 3.05) is 11.9 Å². The minimum atomic E-state index is -0.339. The van der Waals surface area contributed by atoms with Gasteiger partial charge in [0.05, 0.1) is 22.5 Å². The Labute approximate surface area is 101 Å². The fourth-order valence-electron chi connectivity index (χ4n) is 2.33. The van der Waals surface area contributed by atoms with Gasteiger partial charge in [-0.1, -0.05) is 6.42 Å². The molecule has 0 bridgehead atoms. The van der Waals surface area contributed by atoms with E-state index in [2.05, 4.69) is 10.4 Å². The first-order valence-electron chi connectivity index (χ1n) is 6.02. The highest BCUT2D eigenvalue weighted by atomic mass is 16.2. The standard InChI is InChI=1S/C12H20N4O/c1-8-10(9(2)16(3)15-8)14-11(17)12(7-13)5-4-6-12/h4-7,13H2,1-3H3,(H,14,17). The van der Waals surface area contributed by atoms with Crippen molar-refractivity contribution in [2.45, 2.75) is 33.1 Å². The molecule has 1 amide bonds. The highest BCUT2D eigenvalue weighted by Gasteiger charge is 2.43. The highest BCUT2D eigenvalue weighted by Crippen LogP contribution is 2.41. The minimum absolute atomic E-state index is 0.0467. The van der Waals surface area contributed by atoms with Crippen molar-refractivity contribution in [3.63, 3.8) is 0 Å². The van der Waals surface area contributed by atoms with E-state index in [0.29, 0.717) is 6.54 Å². The SMILES string of the molecule is Cc1nn(C)c(C)c1NC(=O)C1(CN)CCC1. The monoisotopic (exact) mass is 236 g/mol. The molecule has 1 saturated carbocycles. The lowest BCUT2D eigenvalue weighted by Gasteiger charge is -2.39. The molecule has 0 aliphatic heterocycles. The lowest BCUT2D eigenvalue weighted by molar-refractivity contribution is -0.129. The molecular formula is C12H20N4O. The van der Waals surface area contributed by atoms with Crippen molar-refractivity contribution < 1.29 is 4.79 Å². The molecule has 1 aromatic heterocycles. The molecule has 0 unspecified atom stereocenters. The fourth-order valence-corrected chi connectivity index (χ4v) is 2.33. The zero-order chi connectivity index (χ0) is 12.6. The lowest BCUT2D eigenvalue weighted by Crippen LogP contribution is -2.47. The fraction of sp³-hybridized carbons (Fsp3) is 0.667. The van der Waals surface area contributed by atoms with Crippen molar-refractivity contribution in [3.05, 3.63) is 11.4 Å². The van der Waals surface area contributed by atoms with Crippen LogP contribution in [-0.4, -0.2) is 22.2 Å². The normalized spacial score (nSPS) is 17.6. The number of nitrogens with zero attached hydrogens (tertiary/aromatic N) is 2. The van der Waals surface area contributed by atoms with E-state index in [1.807, 2.05) is 20.9 Å². The van der Waals surface area contributed by atoms with Crippen molar-refractivity contribution >= 4 is 11.6 Å². The molecule has 0 radical (unpaired) electrons. The molecule has 2 rings (SSSR count). The highest BCUT2D eigenvalue weighted by molar-refractivity contribution is 5.97. The zero-order valence-electron chi connectivity index (χ0n) is 10.7. The number of nitrogens with one attached hydrogen (secondary N) is 1. The molecule has 5 nitrogen and oxygen atoms in total. The van der Waals surface area contributed by atoms with Gasteiger partial charge >= 0.3 is 0 Å². The first-order valence-corrected chi connectivity index (χ1v) is 6.02. The first kappa shape index (κ1) is 12.1. The van der Waals surface area contributed by atoms with Crippen molar-refractivity contribution in [2.24, 2.45) is 18.2 Å². The van der Waals surface area contributed by atoms with Gasteiger partial charge in [-0.25, -0.2) is 0 Å². The predicted octanol–water partition coefficient (Wildman–Crippen LogP) is 1.10. The largest absolute Gasteiger partial charge is 0.329 e. The maximum absolute atomic E-state index is 12.2. The minimum Gasteiger partial charge on any atom is -0.329 e. The number of rotatable bonds is 3. The molecule has 0 saturated heterocycles. The molecule has 94 valence electrons. The zero-order valence-corrected chi connectivity index (χ0v) is 10.7. The van der Waals surface area contributed by atoms with Crippen molar-refractivity contribution in [3.8, 4) is 0 Å². The van der Waals surface area contributed by atoms with Gasteiger partial charge in [0.1, 0.15) is 0 Å². The van der Waals surface area contributed by atoms with E-state index in [4.69, 9.17) is 5.73 Å². The van der Waals surface area contributed by atoms with E-state index in [0.717, 1.165) is 36.3 Å². The Balaban J connectivity index is 2.18. The lowest BCUT2D eigenvalue weighted by atomic mass is 9.68. The van der Waals surface area contributed by atoms with E-state index in [-0.39, 0.29) is 11.3 Å². The molecule has 3 N–H and O–H groups in total. The van der Waals surface area contributed by atoms with E-state index in [1.54, 1.807) is 4.68 Å². The Bertz CT molecular complexity index is 440. The van der Waals surface area contributed by atoms with Gasteiger partial charge in [0, 0.05) is 13.6 Å². The molecular weight excluding hydrogens is 216 g/mol.